The van der Waals surface area contributed by atoms with Crippen LogP contribution in [0.15, 0.2) is 0 Å². The maximum Gasteiger partial charge on any atom is 0.0593 e. The van der Waals surface area contributed by atoms with Crippen molar-refractivity contribution in [1.82, 2.24) is 10.2 Å². The van der Waals surface area contributed by atoms with Crippen molar-refractivity contribution in [2.75, 3.05) is 32.8 Å². The van der Waals surface area contributed by atoms with Crippen LogP contribution in [-0.4, -0.2) is 49.3 Å². The van der Waals surface area contributed by atoms with E-state index in [0.717, 1.165) is 31.7 Å². The van der Waals surface area contributed by atoms with E-state index < -0.39 is 0 Å². The van der Waals surface area contributed by atoms with Crippen molar-refractivity contribution < 1.29 is 4.74 Å². The molecule has 3 rings (SSSR count). The van der Waals surface area contributed by atoms with Gasteiger partial charge in [-0.25, -0.2) is 0 Å². The molecule has 1 N–H and O–H groups in total. The highest BCUT2D eigenvalue weighted by molar-refractivity contribution is 5.03. The van der Waals surface area contributed by atoms with E-state index in [0.29, 0.717) is 5.54 Å². The van der Waals surface area contributed by atoms with E-state index in [2.05, 4.69) is 17.1 Å². The molecule has 0 bridgehead atoms. The minimum atomic E-state index is 0.438. The van der Waals surface area contributed by atoms with Crippen LogP contribution in [-0.2, 0) is 4.74 Å². The molecule has 3 heteroatoms. The molecule has 3 fully saturated rings. The van der Waals surface area contributed by atoms with Gasteiger partial charge in [0.25, 0.3) is 0 Å². The van der Waals surface area contributed by atoms with Crippen LogP contribution in [0.4, 0.5) is 0 Å². The summed E-state index contributed by atoms with van der Waals surface area (Å²) in [5, 5.41) is 3.96. The smallest absolute Gasteiger partial charge is 0.0593 e. The zero-order valence-electron chi connectivity index (χ0n) is 13.9. The van der Waals surface area contributed by atoms with Gasteiger partial charge in [0, 0.05) is 37.8 Å². The molecular formula is C18H34N2O. The summed E-state index contributed by atoms with van der Waals surface area (Å²) in [6.07, 6.45) is 12.4. The average molecular weight is 294 g/mol. The van der Waals surface area contributed by atoms with E-state index in [4.69, 9.17) is 4.74 Å². The Kier molecular flexibility index (Phi) is 5.58. The summed E-state index contributed by atoms with van der Waals surface area (Å²) in [5.41, 5.74) is 0.438. The van der Waals surface area contributed by atoms with Gasteiger partial charge in [-0.2, -0.15) is 0 Å². The molecule has 0 aromatic carbocycles. The van der Waals surface area contributed by atoms with Gasteiger partial charge in [0.15, 0.2) is 0 Å². The van der Waals surface area contributed by atoms with Gasteiger partial charge in [-0.15, -0.1) is 0 Å². The van der Waals surface area contributed by atoms with E-state index in [9.17, 15) is 0 Å². The van der Waals surface area contributed by atoms with Gasteiger partial charge in [0.2, 0.25) is 0 Å². The van der Waals surface area contributed by atoms with Crippen molar-refractivity contribution in [2.45, 2.75) is 76.3 Å². The highest BCUT2D eigenvalue weighted by Crippen LogP contribution is 2.39. The fourth-order valence-electron chi connectivity index (χ4n) is 4.30. The van der Waals surface area contributed by atoms with E-state index in [1.165, 1.54) is 70.9 Å². The fourth-order valence-corrected chi connectivity index (χ4v) is 4.30. The summed E-state index contributed by atoms with van der Waals surface area (Å²) >= 11 is 0. The zero-order valence-corrected chi connectivity index (χ0v) is 13.9. The number of nitrogens with zero attached hydrogens (tertiary/aromatic N) is 1. The SMILES string of the molecule is CCCCOCCN1CC2(CCCCC2)NCC1C1CC1. The first kappa shape index (κ1) is 15.8. The summed E-state index contributed by atoms with van der Waals surface area (Å²) < 4.78 is 5.84. The number of hydrogen-bond donors (Lipinski definition) is 1. The predicted molar refractivity (Wildman–Crippen MR) is 87.6 cm³/mol. The lowest BCUT2D eigenvalue weighted by Crippen LogP contribution is -2.65. The first-order valence-electron chi connectivity index (χ1n) is 9.40. The van der Waals surface area contributed by atoms with Crippen molar-refractivity contribution in [1.29, 1.82) is 0 Å². The lowest BCUT2D eigenvalue weighted by molar-refractivity contribution is 0.0200. The molecule has 0 radical (unpaired) electrons. The highest BCUT2D eigenvalue weighted by Gasteiger charge is 2.44. The highest BCUT2D eigenvalue weighted by atomic mass is 16.5. The summed E-state index contributed by atoms with van der Waals surface area (Å²) in [4.78, 5) is 2.78. The van der Waals surface area contributed by atoms with Gasteiger partial charge in [-0.05, 0) is 38.0 Å². The Morgan fingerprint density at radius 2 is 1.95 bits per heavy atom. The topological polar surface area (TPSA) is 24.5 Å². The molecule has 3 nitrogen and oxygen atoms in total. The quantitative estimate of drug-likeness (QED) is 0.730. The summed E-state index contributed by atoms with van der Waals surface area (Å²) in [5.74, 6) is 0.967. The van der Waals surface area contributed by atoms with E-state index in [-0.39, 0.29) is 0 Å². The molecule has 0 aromatic heterocycles. The third-order valence-corrected chi connectivity index (χ3v) is 5.80. The second-order valence-corrected chi connectivity index (χ2v) is 7.56. The maximum atomic E-state index is 5.84. The van der Waals surface area contributed by atoms with Crippen molar-refractivity contribution in [3.63, 3.8) is 0 Å². The molecule has 1 saturated heterocycles. The summed E-state index contributed by atoms with van der Waals surface area (Å²) in [6.45, 7) is 7.75. The third-order valence-electron chi connectivity index (χ3n) is 5.80. The van der Waals surface area contributed by atoms with E-state index >= 15 is 0 Å². The minimum absolute atomic E-state index is 0.438. The molecule has 2 aliphatic carbocycles. The van der Waals surface area contributed by atoms with Crippen LogP contribution in [0.2, 0.25) is 0 Å². The van der Waals surface area contributed by atoms with Crippen LogP contribution in [0.25, 0.3) is 0 Å². The monoisotopic (exact) mass is 294 g/mol. The second-order valence-electron chi connectivity index (χ2n) is 7.56. The number of rotatable bonds is 7. The zero-order chi connectivity index (χ0) is 14.5. The number of unbranched alkanes of at least 4 members (excludes halogenated alkanes) is 1. The van der Waals surface area contributed by atoms with Gasteiger partial charge >= 0.3 is 0 Å². The van der Waals surface area contributed by atoms with Gasteiger partial charge < -0.3 is 10.1 Å². The van der Waals surface area contributed by atoms with Crippen molar-refractivity contribution >= 4 is 0 Å². The lowest BCUT2D eigenvalue weighted by atomic mass is 9.79. The predicted octanol–water partition coefficient (Wildman–Crippen LogP) is 3.19. The largest absolute Gasteiger partial charge is 0.380 e. The Balaban J connectivity index is 1.51. The molecule has 0 amide bonds. The van der Waals surface area contributed by atoms with Crippen LogP contribution in [0.5, 0.6) is 0 Å². The third kappa shape index (κ3) is 4.20. The Morgan fingerprint density at radius 1 is 1.14 bits per heavy atom. The van der Waals surface area contributed by atoms with Crippen LogP contribution in [0.3, 0.4) is 0 Å². The normalized spacial score (nSPS) is 29.9. The Morgan fingerprint density at radius 3 is 2.67 bits per heavy atom. The molecule has 1 atom stereocenters. The average Bonchev–Trinajstić information content (AvgIpc) is 3.33. The Bertz CT molecular complexity index is 310. The molecular weight excluding hydrogens is 260 g/mol. The van der Waals surface area contributed by atoms with Crippen LogP contribution in [0.1, 0.15) is 64.7 Å². The number of piperazine rings is 1. The minimum Gasteiger partial charge on any atom is -0.380 e. The number of nitrogens with one attached hydrogen (secondary N) is 1. The molecule has 21 heavy (non-hydrogen) atoms. The van der Waals surface area contributed by atoms with E-state index in [1.54, 1.807) is 0 Å². The number of ether oxygens (including phenoxy) is 1. The van der Waals surface area contributed by atoms with Crippen molar-refractivity contribution in [3.8, 4) is 0 Å². The van der Waals surface area contributed by atoms with Crippen LogP contribution < -0.4 is 5.32 Å². The molecule has 3 aliphatic rings. The van der Waals surface area contributed by atoms with Crippen molar-refractivity contribution in [3.05, 3.63) is 0 Å². The molecule has 1 spiro atoms. The van der Waals surface area contributed by atoms with Crippen LogP contribution >= 0.6 is 0 Å². The fraction of sp³-hybridized carbons (Fsp3) is 1.00. The van der Waals surface area contributed by atoms with Crippen LogP contribution in [0, 0.1) is 5.92 Å². The molecule has 1 aliphatic heterocycles. The first-order valence-corrected chi connectivity index (χ1v) is 9.40. The van der Waals surface area contributed by atoms with Gasteiger partial charge in [-0.3, -0.25) is 4.90 Å². The summed E-state index contributed by atoms with van der Waals surface area (Å²) in [6, 6.07) is 0.785. The lowest BCUT2D eigenvalue weighted by Gasteiger charge is -2.50. The van der Waals surface area contributed by atoms with Gasteiger partial charge in [-0.1, -0.05) is 32.6 Å². The Labute approximate surface area is 130 Å². The first-order chi connectivity index (χ1) is 10.3. The number of hydrogen-bond acceptors (Lipinski definition) is 3. The second kappa shape index (κ2) is 7.43. The molecule has 1 heterocycles. The molecule has 0 aromatic rings. The van der Waals surface area contributed by atoms with Gasteiger partial charge in [0.05, 0.1) is 6.61 Å². The standard InChI is InChI=1S/C18H34N2O/c1-2-3-12-21-13-11-20-15-18(9-5-4-6-10-18)19-14-17(20)16-7-8-16/h16-17,19H,2-15H2,1H3. The summed E-state index contributed by atoms with van der Waals surface area (Å²) in [7, 11) is 0. The molecule has 122 valence electrons. The molecule has 2 saturated carbocycles. The van der Waals surface area contributed by atoms with Gasteiger partial charge in [0.1, 0.15) is 0 Å². The Hall–Kier alpha value is -0.120. The van der Waals surface area contributed by atoms with Crippen molar-refractivity contribution in [2.24, 2.45) is 5.92 Å². The van der Waals surface area contributed by atoms with E-state index in [1.807, 2.05) is 0 Å². The molecule has 1 unspecified atom stereocenters. The maximum absolute atomic E-state index is 5.84.